The molecule has 0 unspecified atom stereocenters. The van der Waals surface area contributed by atoms with Crippen molar-refractivity contribution in [2.45, 2.75) is 53.0 Å². The van der Waals surface area contributed by atoms with Gasteiger partial charge in [0.25, 0.3) is 0 Å². The van der Waals surface area contributed by atoms with E-state index >= 15 is 0 Å². The van der Waals surface area contributed by atoms with Crippen LogP contribution >= 0.6 is 0 Å². The Kier molecular flexibility index (Phi) is 6.75. The van der Waals surface area contributed by atoms with Gasteiger partial charge >= 0.3 is 0 Å². The van der Waals surface area contributed by atoms with Gasteiger partial charge in [0.1, 0.15) is 11.6 Å². The number of aromatic nitrogens is 3. The van der Waals surface area contributed by atoms with Crippen molar-refractivity contribution in [1.82, 2.24) is 24.4 Å². The molecule has 1 aromatic carbocycles. The lowest BCUT2D eigenvalue weighted by Gasteiger charge is -2.35. The average Bonchev–Trinajstić information content (AvgIpc) is 3.22. The molecule has 7 heteroatoms. The minimum atomic E-state index is 0.188. The number of piperazine rings is 1. The molecule has 0 spiro atoms. The Labute approximate surface area is 195 Å². The van der Waals surface area contributed by atoms with Crippen LogP contribution < -0.4 is 0 Å². The van der Waals surface area contributed by atoms with Crippen molar-refractivity contribution >= 4 is 11.6 Å². The van der Waals surface area contributed by atoms with Crippen LogP contribution in [0.3, 0.4) is 0 Å². The first-order valence-corrected chi connectivity index (χ1v) is 11.7. The molecule has 1 saturated heterocycles. The van der Waals surface area contributed by atoms with Crippen LogP contribution in [-0.4, -0.2) is 56.5 Å². The number of carbonyl (C=O) groups is 1. The van der Waals surface area contributed by atoms with Crippen molar-refractivity contribution < 1.29 is 4.79 Å². The minimum absolute atomic E-state index is 0.188. The molecule has 1 amide bonds. The number of hydrogen-bond acceptors (Lipinski definition) is 5. The smallest absolute Gasteiger partial charge is 0.222 e. The molecule has 3 aromatic rings. The molecule has 172 valence electrons. The first-order valence-electron chi connectivity index (χ1n) is 11.7. The quantitative estimate of drug-likeness (QED) is 0.580. The summed E-state index contributed by atoms with van der Waals surface area (Å²) in [4.78, 5) is 21.9. The average molecular weight is 445 g/mol. The van der Waals surface area contributed by atoms with Crippen molar-refractivity contribution in [2.24, 2.45) is 0 Å². The van der Waals surface area contributed by atoms with Gasteiger partial charge in [-0.2, -0.15) is 10.4 Å². The summed E-state index contributed by atoms with van der Waals surface area (Å²) in [7, 11) is 0. The van der Waals surface area contributed by atoms with Gasteiger partial charge in [-0.3, -0.25) is 9.69 Å². The largest absolute Gasteiger partial charge is 0.340 e. The molecule has 33 heavy (non-hydrogen) atoms. The Morgan fingerprint density at radius 1 is 1.12 bits per heavy atom. The number of fused-ring (bicyclic) bond motifs is 1. The van der Waals surface area contributed by atoms with Gasteiger partial charge in [-0.25, -0.2) is 9.50 Å². The van der Waals surface area contributed by atoms with E-state index in [1.54, 1.807) is 10.7 Å². The van der Waals surface area contributed by atoms with E-state index in [4.69, 9.17) is 0 Å². The first-order chi connectivity index (χ1) is 15.9. The van der Waals surface area contributed by atoms with E-state index < -0.39 is 0 Å². The fraction of sp³-hybridized carbons (Fsp3) is 0.462. The van der Waals surface area contributed by atoms with Gasteiger partial charge in [-0.05, 0) is 42.9 Å². The number of nitrogens with zero attached hydrogens (tertiary/aromatic N) is 6. The summed E-state index contributed by atoms with van der Waals surface area (Å²) in [6.07, 6.45) is 2.63. The van der Waals surface area contributed by atoms with E-state index in [1.165, 1.54) is 11.1 Å². The maximum absolute atomic E-state index is 12.9. The van der Waals surface area contributed by atoms with Crippen molar-refractivity contribution in [3.8, 4) is 6.07 Å². The number of hydrogen-bond donors (Lipinski definition) is 0. The highest BCUT2D eigenvalue weighted by Gasteiger charge is 2.22. The summed E-state index contributed by atoms with van der Waals surface area (Å²) in [5.41, 5.74) is 6.58. The van der Waals surface area contributed by atoms with Crippen LogP contribution in [0, 0.1) is 25.2 Å². The zero-order valence-electron chi connectivity index (χ0n) is 20.0. The van der Waals surface area contributed by atoms with Crippen molar-refractivity contribution in [1.29, 1.82) is 5.26 Å². The predicted molar refractivity (Wildman–Crippen MR) is 128 cm³/mol. The van der Waals surface area contributed by atoms with Crippen LogP contribution in [-0.2, 0) is 17.8 Å². The molecule has 0 saturated carbocycles. The van der Waals surface area contributed by atoms with E-state index in [9.17, 15) is 10.1 Å². The van der Waals surface area contributed by atoms with E-state index in [2.05, 4.69) is 59.2 Å². The Hall–Kier alpha value is -3.24. The number of carbonyl (C=O) groups excluding carboxylic acids is 1. The second-order valence-electron chi connectivity index (χ2n) is 9.22. The van der Waals surface area contributed by atoms with Crippen molar-refractivity contribution in [2.75, 3.05) is 26.2 Å². The lowest BCUT2D eigenvalue weighted by atomic mass is 10.0. The third kappa shape index (κ3) is 4.91. The van der Waals surface area contributed by atoms with Crippen LogP contribution in [0.15, 0.2) is 30.5 Å². The van der Waals surface area contributed by atoms with Gasteiger partial charge in [0, 0.05) is 50.5 Å². The molecule has 0 bridgehead atoms. The molecule has 2 aromatic heterocycles. The maximum atomic E-state index is 12.9. The summed E-state index contributed by atoms with van der Waals surface area (Å²) in [6, 6.07) is 11.0. The van der Waals surface area contributed by atoms with Crippen LogP contribution in [0.4, 0.5) is 0 Å². The monoisotopic (exact) mass is 444 g/mol. The van der Waals surface area contributed by atoms with Gasteiger partial charge in [0.2, 0.25) is 5.91 Å². The van der Waals surface area contributed by atoms with Crippen LogP contribution in [0.5, 0.6) is 0 Å². The highest BCUT2D eigenvalue weighted by molar-refractivity contribution is 5.76. The molecular formula is C26H32N6O. The molecule has 1 aliphatic heterocycles. The third-order valence-corrected chi connectivity index (χ3v) is 6.70. The molecule has 7 nitrogen and oxygen atoms in total. The summed E-state index contributed by atoms with van der Waals surface area (Å²) in [5, 5.41) is 13.5. The SMILES string of the molecule is Cc1nc2c(C#N)cnn2c(C)c1CCC(=O)N1CCN(Cc2ccc(C(C)C)cc2)CC1. The summed E-state index contributed by atoms with van der Waals surface area (Å²) in [6.45, 7) is 12.6. The third-order valence-electron chi connectivity index (χ3n) is 6.70. The molecule has 0 atom stereocenters. The number of amides is 1. The Bertz CT molecular complexity index is 1180. The van der Waals surface area contributed by atoms with Gasteiger partial charge in [0.05, 0.1) is 6.20 Å². The molecule has 1 fully saturated rings. The summed E-state index contributed by atoms with van der Waals surface area (Å²) >= 11 is 0. The number of aryl methyl sites for hydroxylation is 2. The van der Waals surface area contributed by atoms with Crippen LogP contribution in [0.2, 0.25) is 0 Å². The number of benzene rings is 1. The first kappa shape index (κ1) is 22.9. The van der Waals surface area contributed by atoms with Gasteiger partial charge in [-0.1, -0.05) is 38.1 Å². The van der Waals surface area contributed by atoms with Gasteiger partial charge in [0.15, 0.2) is 5.65 Å². The topological polar surface area (TPSA) is 77.5 Å². The summed E-state index contributed by atoms with van der Waals surface area (Å²) < 4.78 is 1.71. The summed E-state index contributed by atoms with van der Waals surface area (Å²) in [5.74, 6) is 0.737. The zero-order chi connectivity index (χ0) is 23.5. The lowest BCUT2D eigenvalue weighted by Crippen LogP contribution is -2.48. The highest BCUT2D eigenvalue weighted by Crippen LogP contribution is 2.20. The van der Waals surface area contributed by atoms with Crippen molar-refractivity contribution in [3.63, 3.8) is 0 Å². The zero-order valence-corrected chi connectivity index (χ0v) is 20.0. The Balaban J connectivity index is 1.31. The Morgan fingerprint density at radius 2 is 1.82 bits per heavy atom. The fourth-order valence-corrected chi connectivity index (χ4v) is 4.56. The van der Waals surface area contributed by atoms with E-state index in [0.29, 0.717) is 30.0 Å². The molecule has 0 aliphatic carbocycles. The molecule has 3 heterocycles. The van der Waals surface area contributed by atoms with E-state index in [1.807, 2.05) is 18.7 Å². The lowest BCUT2D eigenvalue weighted by molar-refractivity contribution is -0.133. The molecule has 0 radical (unpaired) electrons. The standard InChI is InChI=1S/C26H32N6O/c1-18(2)22-7-5-21(6-8-22)17-30-11-13-31(14-12-30)25(33)10-9-24-19(3)29-26-23(15-27)16-28-32(26)20(24)4/h5-8,16,18H,9-14,17H2,1-4H3. The van der Waals surface area contributed by atoms with Gasteiger partial charge < -0.3 is 4.90 Å². The normalized spacial score (nSPS) is 14.7. The predicted octanol–water partition coefficient (Wildman–Crippen LogP) is 3.62. The molecule has 4 rings (SSSR count). The highest BCUT2D eigenvalue weighted by atomic mass is 16.2. The number of rotatable bonds is 6. The maximum Gasteiger partial charge on any atom is 0.222 e. The molecular weight excluding hydrogens is 412 g/mol. The minimum Gasteiger partial charge on any atom is -0.340 e. The van der Waals surface area contributed by atoms with E-state index in [0.717, 1.165) is 49.7 Å². The van der Waals surface area contributed by atoms with E-state index in [-0.39, 0.29) is 5.91 Å². The second-order valence-corrected chi connectivity index (χ2v) is 9.22. The Morgan fingerprint density at radius 3 is 2.45 bits per heavy atom. The number of nitriles is 1. The van der Waals surface area contributed by atoms with Crippen LogP contribution in [0.25, 0.3) is 5.65 Å². The fourth-order valence-electron chi connectivity index (χ4n) is 4.56. The van der Waals surface area contributed by atoms with Crippen LogP contribution in [0.1, 0.15) is 59.8 Å². The van der Waals surface area contributed by atoms with Crippen molar-refractivity contribution in [3.05, 3.63) is 64.1 Å². The molecule has 1 aliphatic rings. The second kappa shape index (κ2) is 9.72. The molecule has 0 N–H and O–H groups in total. The van der Waals surface area contributed by atoms with Gasteiger partial charge in [-0.15, -0.1) is 0 Å².